The van der Waals surface area contributed by atoms with Gasteiger partial charge >= 0.3 is 6.03 Å². The number of nitrogens with one attached hydrogen (secondary N) is 2. The van der Waals surface area contributed by atoms with Gasteiger partial charge in [0.1, 0.15) is 17.6 Å². The predicted octanol–water partition coefficient (Wildman–Crippen LogP) is 3.49. The van der Waals surface area contributed by atoms with Crippen LogP contribution < -0.4 is 10.6 Å². The summed E-state index contributed by atoms with van der Waals surface area (Å²) < 4.78 is 18.8. The van der Waals surface area contributed by atoms with Gasteiger partial charge in [-0.05, 0) is 59.1 Å². The maximum Gasteiger partial charge on any atom is 0.322 e. The fourth-order valence-corrected chi connectivity index (χ4v) is 3.22. The molecule has 3 rings (SSSR count). The van der Waals surface area contributed by atoms with Gasteiger partial charge in [-0.25, -0.2) is 9.18 Å². The number of carbonyl (C=O) groups excluding carboxylic acids is 2. The fourth-order valence-electron chi connectivity index (χ4n) is 2.77. The van der Waals surface area contributed by atoms with Crippen LogP contribution in [0.2, 0.25) is 0 Å². The Kier molecular flexibility index (Phi) is 5.37. The highest BCUT2D eigenvalue weighted by Gasteiger charge is 2.34. The number of nitrogens with zero attached hydrogens (tertiary/aromatic N) is 1. The molecular weight excluding hydrogens is 393 g/mol. The molecule has 1 atom stereocenters. The topological polar surface area (TPSA) is 74.6 Å². The molecule has 1 aromatic heterocycles. The van der Waals surface area contributed by atoms with E-state index in [0.29, 0.717) is 28.9 Å². The number of furan rings is 1. The fraction of sp³-hybridized carbons (Fsp3) is 0.294. The Bertz CT molecular complexity index is 767. The van der Waals surface area contributed by atoms with E-state index < -0.39 is 11.9 Å². The van der Waals surface area contributed by atoms with Crippen LogP contribution in [0.3, 0.4) is 0 Å². The highest BCUT2D eigenvalue weighted by Crippen LogP contribution is 2.25. The van der Waals surface area contributed by atoms with Gasteiger partial charge in [-0.3, -0.25) is 4.79 Å². The molecule has 0 aliphatic carbocycles. The summed E-state index contributed by atoms with van der Waals surface area (Å²) in [5.74, 6) is 0.0287. The maximum absolute atomic E-state index is 13.1. The Balaban J connectivity index is 1.61. The Morgan fingerprint density at radius 1 is 1.36 bits per heavy atom. The lowest BCUT2D eigenvalue weighted by Crippen LogP contribution is -2.47. The molecule has 0 spiro atoms. The summed E-state index contributed by atoms with van der Waals surface area (Å²) in [4.78, 5) is 26.4. The van der Waals surface area contributed by atoms with E-state index in [1.54, 1.807) is 12.1 Å². The zero-order valence-electron chi connectivity index (χ0n) is 13.3. The van der Waals surface area contributed by atoms with Gasteiger partial charge < -0.3 is 20.0 Å². The minimum atomic E-state index is -0.533. The highest BCUT2D eigenvalue weighted by molar-refractivity contribution is 9.10. The molecule has 8 heteroatoms. The van der Waals surface area contributed by atoms with Crippen molar-refractivity contribution in [3.05, 3.63) is 52.6 Å². The molecule has 1 saturated heterocycles. The SMILES string of the molecule is O=C(NCc1ccco1)C1CCCN1C(=O)Nc1ccc(F)cc1Br. The molecule has 1 aliphatic heterocycles. The molecule has 0 bridgehead atoms. The van der Waals surface area contributed by atoms with Crippen molar-refractivity contribution in [2.75, 3.05) is 11.9 Å². The number of amides is 3. The Labute approximate surface area is 152 Å². The van der Waals surface area contributed by atoms with E-state index in [1.807, 2.05) is 0 Å². The number of carbonyl (C=O) groups is 2. The van der Waals surface area contributed by atoms with Gasteiger partial charge in [-0.1, -0.05) is 0 Å². The lowest BCUT2D eigenvalue weighted by atomic mass is 10.2. The second-order valence-corrected chi connectivity index (χ2v) is 6.56. The second-order valence-electron chi connectivity index (χ2n) is 5.70. The highest BCUT2D eigenvalue weighted by atomic mass is 79.9. The number of urea groups is 1. The van der Waals surface area contributed by atoms with Gasteiger partial charge in [0, 0.05) is 11.0 Å². The lowest BCUT2D eigenvalue weighted by Gasteiger charge is -2.24. The van der Waals surface area contributed by atoms with Crippen molar-refractivity contribution in [3.8, 4) is 0 Å². The number of halogens is 2. The van der Waals surface area contributed by atoms with Crippen LogP contribution in [0.1, 0.15) is 18.6 Å². The third kappa shape index (κ3) is 4.19. The molecule has 25 heavy (non-hydrogen) atoms. The van der Waals surface area contributed by atoms with Crippen LogP contribution >= 0.6 is 15.9 Å². The molecule has 0 radical (unpaired) electrons. The average molecular weight is 410 g/mol. The van der Waals surface area contributed by atoms with Crippen LogP contribution in [0.15, 0.2) is 45.5 Å². The third-order valence-electron chi connectivity index (χ3n) is 4.01. The van der Waals surface area contributed by atoms with E-state index in [2.05, 4.69) is 26.6 Å². The van der Waals surface area contributed by atoms with Crippen molar-refractivity contribution in [2.45, 2.75) is 25.4 Å². The van der Waals surface area contributed by atoms with Crippen molar-refractivity contribution in [1.82, 2.24) is 10.2 Å². The van der Waals surface area contributed by atoms with Crippen molar-refractivity contribution >= 4 is 33.6 Å². The average Bonchev–Trinajstić information content (AvgIpc) is 3.26. The first-order valence-electron chi connectivity index (χ1n) is 7.87. The Hall–Kier alpha value is -2.35. The molecule has 1 aliphatic rings. The van der Waals surface area contributed by atoms with Gasteiger partial charge in [0.15, 0.2) is 0 Å². The second kappa shape index (κ2) is 7.69. The summed E-state index contributed by atoms with van der Waals surface area (Å²) in [7, 11) is 0. The Morgan fingerprint density at radius 3 is 2.92 bits per heavy atom. The summed E-state index contributed by atoms with van der Waals surface area (Å²) in [5.41, 5.74) is 0.452. The molecular formula is C17H17BrFN3O3. The first-order chi connectivity index (χ1) is 12.0. The van der Waals surface area contributed by atoms with Crippen LogP contribution in [-0.4, -0.2) is 29.4 Å². The largest absolute Gasteiger partial charge is 0.467 e. The van der Waals surface area contributed by atoms with Gasteiger partial charge in [0.2, 0.25) is 5.91 Å². The summed E-state index contributed by atoms with van der Waals surface area (Å²) in [5, 5.41) is 5.49. The molecule has 0 saturated carbocycles. The van der Waals surface area contributed by atoms with E-state index in [4.69, 9.17) is 4.42 Å². The summed E-state index contributed by atoms with van der Waals surface area (Å²) in [6.07, 6.45) is 2.89. The van der Waals surface area contributed by atoms with Gasteiger partial charge in [0.05, 0.1) is 18.5 Å². The smallest absolute Gasteiger partial charge is 0.322 e. The molecule has 6 nitrogen and oxygen atoms in total. The summed E-state index contributed by atoms with van der Waals surface area (Å²) >= 11 is 3.21. The molecule has 2 heterocycles. The predicted molar refractivity (Wildman–Crippen MR) is 93.4 cm³/mol. The molecule has 3 amide bonds. The number of anilines is 1. The van der Waals surface area contributed by atoms with E-state index in [9.17, 15) is 14.0 Å². The van der Waals surface area contributed by atoms with Crippen molar-refractivity contribution in [2.24, 2.45) is 0 Å². The quantitative estimate of drug-likeness (QED) is 0.811. The van der Waals surface area contributed by atoms with Crippen LogP contribution in [-0.2, 0) is 11.3 Å². The number of hydrogen-bond donors (Lipinski definition) is 2. The monoisotopic (exact) mass is 409 g/mol. The number of hydrogen-bond acceptors (Lipinski definition) is 3. The normalized spacial score (nSPS) is 16.7. The van der Waals surface area contributed by atoms with E-state index in [-0.39, 0.29) is 18.5 Å². The lowest BCUT2D eigenvalue weighted by molar-refractivity contribution is -0.124. The minimum Gasteiger partial charge on any atom is -0.467 e. The van der Waals surface area contributed by atoms with Crippen LogP contribution in [0.5, 0.6) is 0 Å². The van der Waals surface area contributed by atoms with Gasteiger partial charge in [0.25, 0.3) is 0 Å². The zero-order chi connectivity index (χ0) is 17.8. The number of benzene rings is 1. The molecule has 2 N–H and O–H groups in total. The van der Waals surface area contributed by atoms with Crippen molar-refractivity contribution < 1.29 is 18.4 Å². The molecule has 1 aromatic carbocycles. The molecule has 132 valence electrons. The first kappa shape index (κ1) is 17.5. The molecule has 1 unspecified atom stereocenters. The standard InChI is InChI=1S/C17H17BrFN3O3/c18-13-9-11(19)5-6-14(13)21-17(24)22-7-1-4-15(22)16(23)20-10-12-3-2-8-25-12/h2-3,5-6,8-9,15H,1,4,7,10H2,(H,20,23)(H,21,24). The van der Waals surface area contributed by atoms with E-state index >= 15 is 0 Å². The van der Waals surface area contributed by atoms with Gasteiger partial charge in [-0.2, -0.15) is 0 Å². The van der Waals surface area contributed by atoms with Gasteiger partial charge in [-0.15, -0.1) is 0 Å². The van der Waals surface area contributed by atoms with Crippen molar-refractivity contribution in [1.29, 1.82) is 0 Å². The summed E-state index contributed by atoms with van der Waals surface area (Å²) in [6.45, 7) is 0.769. The maximum atomic E-state index is 13.1. The first-order valence-corrected chi connectivity index (χ1v) is 8.66. The van der Waals surface area contributed by atoms with Crippen molar-refractivity contribution in [3.63, 3.8) is 0 Å². The molecule has 2 aromatic rings. The Morgan fingerprint density at radius 2 is 2.20 bits per heavy atom. The van der Waals surface area contributed by atoms with E-state index in [1.165, 1.54) is 29.4 Å². The number of rotatable bonds is 4. The van der Waals surface area contributed by atoms with E-state index in [0.717, 1.165) is 6.42 Å². The summed E-state index contributed by atoms with van der Waals surface area (Å²) in [6, 6.07) is 6.60. The zero-order valence-corrected chi connectivity index (χ0v) is 14.9. The number of likely N-dealkylation sites (tertiary alicyclic amines) is 1. The van der Waals surface area contributed by atoms with Crippen LogP contribution in [0.25, 0.3) is 0 Å². The van der Waals surface area contributed by atoms with Crippen LogP contribution in [0, 0.1) is 5.82 Å². The van der Waals surface area contributed by atoms with Crippen LogP contribution in [0.4, 0.5) is 14.9 Å². The molecule has 1 fully saturated rings. The third-order valence-corrected chi connectivity index (χ3v) is 4.66. The minimum absolute atomic E-state index is 0.220.